The molecule has 20 heavy (non-hydrogen) atoms. The molecular weight excluding hydrogens is 283 g/mol. The Labute approximate surface area is 120 Å². The first-order chi connectivity index (χ1) is 9.61. The van der Waals surface area contributed by atoms with Crippen LogP contribution in [0.1, 0.15) is 23.7 Å². The molecular formula is C14H12ClFN2O2. The minimum Gasteiger partial charge on any atom is -0.481 e. The van der Waals surface area contributed by atoms with Crippen molar-refractivity contribution in [2.45, 2.75) is 19.4 Å². The third-order valence-corrected chi connectivity index (χ3v) is 2.97. The van der Waals surface area contributed by atoms with Gasteiger partial charge in [-0.15, -0.1) is 0 Å². The zero-order valence-corrected chi connectivity index (χ0v) is 11.5. The number of carbonyl (C=O) groups excluding carboxylic acids is 1. The highest BCUT2D eigenvalue weighted by molar-refractivity contribution is 6.32. The second-order valence-corrected chi connectivity index (χ2v) is 4.49. The van der Waals surface area contributed by atoms with Crippen molar-refractivity contribution in [3.8, 4) is 5.75 Å². The molecule has 0 saturated carbocycles. The molecule has 0 aliphatic rings. The summed E-state index contributed by atoms with van der Waals surface area (Å²) in [4.78, 5) is 19.8. The maximum atomic E-state index is 13.0. The quantitative estimate of drug-likeness (QED) is 0.794. The van der Waals surface area contributed by atoms with Gasteiger partial charge in [0.05, 0.1) is 10.6 Å². The Hall–Kier alpha value is -2.01. The molecule has 1 heterocycles. The van der Waals surface area contributed by atoms with E-state index in [0.717, 1.165) is 6.07 Å². The van der Waals surface area contributed by atoms with E-state index in [1.807, 2.05) is 6.92 Å². The van der Waals surface area contributed by atoms with Gasteiger partial charge in [0.1, 0.15) is 17.9 Å². The number of halogens is 2. The molecule has 1 atom stereocenters. The van der Waals surface area contributed by atoms with Gasteiger partial charge in [0.15, 0.2) is 6.10 Å². The Bertz CT molecular complexity index is 607. The average molecular weight is 295 g/mol. The van der Waals surface area contributed by atoms with E-state index >= 15 is 0 Å². The highest BCUT2D eigenvalue weighted by atomic mass is 35.5. The van der Waals surface area contributed by atoms with E-state index in [0.29, 0.717) is 12.0 Å². The molecule has 0 aliphatic carbocycles. The van der Waals surface area contributed by atoms with E-state index in [1.54, 1.807) is 0 Å². The van der Waals surface area contributed by atoms with E-state index in [2.05, 4.69) is 9.97 Å². The van der Waals surface area contributed by atoms with Crippen LogP contribution in [0.2, 0.25) is 5.02 Å². The van der Waals surface area contributed by atoms with Crippen molar-refractivity contribution in [3.05, 3.63) is 53.3 Å². The molecule has 6 heteroatoms. The Morgan fingerprint density at radius 1 is 1.40 bits per heavy atom. The molecule has 0 aliphatic heterocycles. The number of hydrogen-bond donors (Lipinski definition) is 0. The van der Waals surface area contributed by atoms with Crippen LogP contribution in [0.15, 0.2) is 36.9 Å². The number of ether oxygens (including phenoxy) is 1. The van der Waals surface area contributed by atoms with Gasteiger partial charge in [0.25, 0.3) is 0 Å². The third-order valence-electron chi connectivity index (χ3n) is 2.67. The van der Waals surface area contributed by atoms with E-state index in [-0.39, 0.29) is 16.6 Å². The molecule has 104 valence electrons. The van der Waals surface area contributed by atoms with Crippen LogP contribution in [-0.2, 0) is 0 Å². The van der Waals surface area contributed by atoms with E-state index in [1.165, 1.54) is 30.9 Å². The Balaban J connectivity index is 2.19. The Kier molecular flexibility index (Phi) is 4.63. The van der Waals surface area contributed by atoms with Crippen LogP contribution in [0.25, 0.3) is 0 Å². The lowest BCUT2D eigenvalue weighted by atomic mass is 10.1. The van der Waals surface area contributed by atoms with Gasteiger partial charge in [-0.1, -0.05) is 18.5 Å². The van der Waals surface area contributed by atoms with Crippen molar-refractivity contribution >= 4 is 17.4 Å². The highest BCUT2D eigenvalue weighted by Crippen LogP contribution is 2.27. The molecule has 0 N–H and O–H groups in total. The smallest absolute Gasteiger partial charge is 0.206 e. The summed E-state index contributed by atoms with van der Waals surface area (Å²) in [6, 6.07) is 3.76. The Morgan fingerprint density at radius 3 is 2.70 bits per heavy atom. The highest BCUT2D eigenvalue weighted by Gasteiger charge is 2.21. The zero-order chi connectivity index (χ0) is 14.5. The van der Waals surface area contributed by atoms with E-state index < -0.39 is 11.9 Å². The first-order valence-electron chi connectivity index (χ1n) is 6.02. The number of hydrogen-bond acceptors (Lipinski definition) is 4. The number of benzene rings is 1. The molecule has 1 aromatic carbocycles. The van der Waals surface area contributed by atoms with E-state index in [9.17, 15) is 9.18 Å². The minimum absolute atomic E-state index is 0.126. The summed E-state index contributed by atoms with van der Waals surface area (Å²) in [6.07, 6.45) is 3.92. The lowest BCUT2D eigenvalue weighted by Crippen LogP contribution is -2.27. The number of carbonyl (C=O) groups is 1. The number of Topliss-reactive ketones (excluding diaryl/α,β-unsaturated/α-hetero) is 1. The van der Waals surface area contributed by atoms with Gasteiger partial charge in [0.2, 0.25) is 5.78 Å². The topological polar surface area (TPSA) is 52.1 Å². The van der Waals surface area contributed by atoms with Crippen LogP contribution < -0.4 is 4.74 Å². The molecule has 0 bridgehead atoms. The largest absolute Gasteiger partial charge is 0.481 e. The van der Waals surface area contributed by atoms with Gasteiger partial charge in [-0.05, 0) is 24.6 Å². The molecule has 1 aromatic heterocycles. The first kappa shape index (κ1) is 14.4. The fourth-order valence-corrected chi connectivity index (χ4v) is 1.87. The lowest BCUT2D eigenvalue weighted by Gasteiger charge is -2.17. The van der Waals surface area contributed by atoms with Crippen molar-refractivity contribution in [3.63, 3.8) is 0 Å². The van der Waals surface area contributed by atoms with Crippen LogP contribution in [0.5, 0.6) is 5.75 Å². The predicted octanol–water partition coefficient (Wildman–Crippen LogP) is 3.31. The van der Waals surface area contributed by atoms with Crippen LogP contribution in [0.4, 0.5) is 4.39 Å². The first-order valence-corrected chi connectivity index (χ1v) is 6.40. The second kappa shape index (κ2) is 6.43. The van der Waals surface area contributed by atoms with Crippen molar-refractivity contribution in [2.24, 2.45) is 0 Å². The average Bonchev–Trinajstić information content (AvgIpc) is 2.47. The summed E-state index contributed by atoms with van der Waals surface area (Å²) in [5, 5.41) is 0.126. The number of aromatic nitrogens is 2. The standard InChI is InChI=1S/C14H12ClFN2O2/c1-2-12(14(19)9-6-17-8-18-7-9)20-13-4-3-10(16)5-11(13)15/h3-8,12H,2H2,1H3. The van der Waals surface area contributed by atoms with Gasteiger partial charge < -0.3 is 4.74 Å². The van der Waals surface area contributed by atoms with Gasteiger partial charge in [-0.3, -0.25) is 4.79 Å². The van der Waals surface area contributed by atoms with Crippen LogP contribution in [0, 0.1) is 5.82 Å². The van der Waals surface area contributed by atoms with Crippen molar-refractivity contribution in [2.75, 3.05) is 0 Å². The summed E-state index contributed by atoms with van der Waals surface area (Å²) in [5.74, 6) is -0.434. The second-order valence-electron chi connectivity index (χ2n) is 4.08. The predicted molar refractivity (Wildman–Crippen MR) is 72.5 cm³/mol. The lowest BCUT2D eigenvalue weighted by molar-refractivity contribution is 0.0786. The molecule has 2 rings (SSSR count). The van der Waals surface area contributed by atoms with Crippen LogP contribution >= 0.6 is 11.6 Å². The van der Waals surface area contributed by atoms with Gasteiger partial charge in [-0.25, -0.2) is 14.4 Å². The summed E-state index contributed by atoms with van der Waals surface area (Å²) in [7, 11) is 0. The van der Waals surface area contributed by atoms with Gasteiger partial charge in [-0.2, -0.15) is 0 Å². The molecule has 2 aromatic rings. The maximum absolute atomic E-state index is 13.0. The van der Waals surface area contributed by atoms with Crippen LogP contribution in [0.3, 0.4) is 0 Å². The van der Waals surface area contributed by atoms with Crippen molar-refractivity contribution in [1.29, 1.82) is 0 Å². The molecule has 0 amide bonds. The molecule has 0 radical (unpaired) electrons. The molecule has 1 unspecified atom stereocenters. The summed E-state index contributed by atoms with van der Waals surface area (Å²) in [5.41, 5.74) is 0.359. The third kappa shape index (κ3) is 3.30. The summed E-state index contributed by atoms with van der Waals surface area (Å²) in [6.45, 7) is 1.81. The SMILES string of the molecule is CCC(Oc1ccc(F)cc1Cl)C(=O)c1cncnc1. The van der Waals surface area contributed by atoms with E-state index in [4.69, 9.17) is 16.3 Å². The van der Waals surface area contributed by atoms with Gasteiger partial charge in [0, 0.05) is 12.4 Å². The summed E-state index contributed by atoms with van der Waals surface area (Å²) < 4.78 is 18.5. The van der Waals surface area contributed by atoms with Crippen molar-refractivity contribution < 1.29 is 13.9 Å². The number of ketones is 1. The van der Waals surface area contributed by atoms with Gasteiger partial charge >= 0.3 is 0 Å². The maximum Gasteiger partial charge on any atom is 0.206 e. The number of nitrogens with zero attached hydrogens (tertiary/aromatic N) is 2. The Morgan fingerprint density at radius 2 is 2.10 bits per heavy atom. The molecule has 0 saturated heterocycles. The monoisotopic (exact) mass is 294 g/mol. The minimum atomic E-state index is -0.719. The fraction of sp³-hybridized carbons (Fsp3) is 0.214. The summed E-state index contributed by atoms with van der Waals surface area (Å²) >= 11 is 5.88. The fourth-order valence-electron chi connectivity index (χ4n) is 1.66. The zero-order valence-electron chi connectivity index (χ0n) is 10.7. The van der Waals surface area contributed by atoms with Crippen molar-refractivity contribution in [1.82, 2.24) is 9.97 Å². The van der Waals surface area contributed by atoms with Crippen LogP contribution in [-0.4, -0.2) is 21.9 Å². The molecule has 0 spiro atoms. The number of rotatable bonds is 5. The molecule has 0 fully saturated rings. The normalized spacial score (nSPS) is 11.9. The molecule has 4 nitrogen and oxygen atoms in total.